The van der Waals surface area contributed by atoms with E-state index >= 15 is 0 Å². The Morgan fingerprint density at radius 1 is 0.493 bits per heavy atom. The first-order valence-electron chi connectivity index (χ1n) is 25.6. The predicted molar refractivity (Wildman–Crippen MR) is 304 cm³/mol. The standard InChI is InChI=1S/C69H55N4O.Pt/c1-67(2,3)50-36-37-59-61(40-50)71(45-72(59)66-55(46-22-11-7-12-23-46)32-20-33-56(66)47-24-13-8-14-25-47)52-30-19-31-53(42-52)74-54-43-58-65-62(44-54)73(63-41-51(38-39-70-63)68(4,5)6)60-35-21-34-57(64(60)65)69(58,48-26-15-9-16-27-48)49-28-17-10-18-29-49;/h7-41,43,45H,1-6H3;/q-3;. The fourth-order valence-corrected chi connectivity index (χ4v) is 11.6. The number of para-hydroxylation sites is 1. The van der Waals surface area contributed by atoms with Crippen molar-refractivity contribution in [2.24, 2.45) is 0 Å². The summed E-state index contributed by atoms with van der Waals surface area (Å²) in [6.45, 7) is 15.8. The Morgan fingerprint density at radius 2 is 1.08 bits per heavy atom. The largest absolute Gasteiger partial charge is 0.509 e. The summed E-state index contributed by atoms with van der Waals surface area (Å²) in [5.41, 5.74) is 17.1. The van der Waals surface area contributed by atoms with E-state index in [1.165, 1.54) is 33.2 Å². The Kier molecular flexibility index (Phi) is 11.8. The molecular weight excluding hydrogens is 1100 g/mol. The van der Waals surface area contributed by atoms with Crippen LogP contribution in [0.5, 0.6) is 11.5 Å². The number of hydrogen-bond acceptors (Lipinski definition) is 4. The molecular formula is C69H55N4OPt-3. The van der Waals surface area contributed by atoms with E-state index in [0.717, 1.165) is 72.8 Å². The van der Waals surface area contributed by atoms with Gasteiger partial charge in [0.25, 0.3) is 0 Å². The Morgan fingerprint density at radius 3 is 1.71 bits per heavy atom. The zero-order valence-electron chi connectivity index (χ0n) is 42.9. The minimum atomic E-state index is -0.638. The van der Waals surface area contributed by atoms with Gasteiger partial charge in [-0.05, 0) is 85.5 Å². The number of ether oxygens (including phenoxy) is 1. The first-order valence-corrected chi connectivity index (χ1v) is 25.6. The molecule has 9 aromatic carbocycles. The first-order chi connectivity index (χ1) is 36.0. The van der Waals surface area contributed by atoms with Gasteiger partial charge in [-0.15, -0.1) is 48.3 Å². The molecule has 0 atom stereocenters. The van der Waals surface area contributed by atoms with Crippen LogP contribution in [0.25, 0.3) is 49.9 Å². The molecule has 0 N–H and O–H groups in total. The fraction of sp³-hybridized carbons (Fsp3) is 0.130. The Labute approximate surface area is 455 Å². The normalized spacial score (nSPS) is 13.6. The summed E-state index contributed by atoms with van der Waals surface area (Å²) < 4.78 is 9.46. The van der Waals surface area contributed by atoms with Crippen LogP contribution in [0.15, 0.2) is 219 Å². The van der Waals surface area contributed by atoms with E-state index in [9.17, 15) is 0 Å². The van der Waals surface area contributed by atoms with Crippen molar-refractivity contribution in [2.75, 3.05) is 9.80 Å². The molecule has 0 amide bonds. The Hall–Kier alpha value is -7.98. The van der Waals surface area contributed by atoms with E-state index in [0.29, 0.717) is 11.5 Å². The first kappa shape index (κ1) is 48.0. The van der Waals surface area contributed by atoms with Crippen LogP contribution in [0.3, 0.4) is 0 Å². The molecule has 75 heavy (non-hydrogen) atoms. The number of anilines is 4. The molecule has 2 aliphatic rings. The van der Waals surface area contributed by atoms with Crippen molar-refractivity contribution in [2.45, 2.75) is 57.8 Å². The van der Waals surface area contributed by atoms with Crippen molar-refractivity contribution in [3.05, 3.63) is 271 Å². The van der Waals surface area contributed by atoms with Crippen molar-refractivity contribution in [3.8, 4) is 39.6 Å². The molecule has 13 rings (SSSR count). The second kappa shape index (κ2) is 18.4. The van der Waals surface area contributed by atoms with Gasteiger partial charge in [0.05, 0.1) is 0 Å². The molecule has 1 aliphatic heterocycles. The van der Waals surface area contributed by atoms with Crippen LogP contribution in [-0.4, -0.2) is 9.55 Å². The van der Waals surface area contributed by atoms with E-state index in [-0.39, 0.29) is 31.9 Å². The van der Waals surface area contributed by atoms with Gasteiger partial charge in [0.15, 0.2) is 0 Å². The maximum Gasteiger partial charge on any atom is 0.135 e. The summed E-state index contributed by atoms with van der Waals surface area (Å²) in [5, 5.41) is 2.36. The zero-order chi connectivity index (χ0) is 50.3. The van der Waals surface area contributed by atoms with Crippen LogP contribution in [0.1, 0.15) is 74.9 Å². The van der Waals surface area contributed by atoms with Crippen LogP contribution in [-0.2, 0) is 37.3 Å². The second-order valence-corrected chi connectivity index (χ2v) is 21.7. The number of pyridine rings is 1. The molecule has 0 saturated carbocycles. The molecule has 0 unspecified atom stereocenters. The van der Waals surface area contributed by atoms with Crippen LogP contribution in [0.2, 0.25) is 0 Å². The van der Waals surface area contributed by atoms with Crippen molar-refractivity contribution in [1.82, 2.24) is 9.55 Å². The summed E-state index contributed by atoms with van der Waals surface area (Å²) in [6.07, 6.45) is 1.94. The molecule has 1 aliphatic carbocycles. The van der Waals surface area contributed by atoms with Gasteiger partial charge in [0.2, 0.25) is 0 Å². The fourth-order valence-electron chi connectivity index (χ4n) is 11.6. The molecule has 0 saturated heterocycles. The third-order valence-electron chi connectivity index (χ3n) is 15.1. The quantitative estimate of drug-likeness (QED) is 0.135. The monoisotopic (exact) mass is 1150 g/mol. The van der Waals surface area contributed by atoms with E-state index in [2.05, 4.69) is 281 Å². The van der Waals surface area contributed by atoms with Gasteiger partial charge in [-0.1, -0.05) is 210 Å². The second-order valence-electron chi connectivity index (χ2n) is 21.7. The predicted octanol–water partition coefficient (Wildman–Crippen LogP) is 17.6. The summed E-state index contributed by atoms with van der Waals surface area (Å²) in [7, 11) is 0. The molecule has 6 heteroatoms. The molecule has 370 valence electrons. The number of nitrogens with zero attached hydrogens (tertiary/aromatic N) is 4. The zero-order valence-corrected chi connectivity index (χ0v) is 45.1. The third kappa shape index (κ3) is 7.90. The molecule has 11 aromatic rings. The van der Waals surface area contributed by atoms with Gasteiger partial charge in [0.1, 0.15) is 5.82 Å². The Bertz CT molecular complexity index is 3830. The third-order valence-corrected chi connectivity index (χ3v) is 15.1. The maximum atomic E-state index is 7.18. The summed E-state index contributed by atoms with van der Waals surface area (Å²) in [5.74, 6) is 2.03. The molecule has 0 bridgehead atoms. The van der Waals surface area contributed by atoms with Gasteiger partial charge < -0.3 is 19.1 Å². The SMILES string of the molecule is CC(C)(C)c1ccnc(-n2c3[c-]c(Oc4[c-]c(N5[CH-]N(c6c(-c7ccccc7)cccc6-c6ccccc6)c6ccc(C(C)(C)C)cc65)ccc4)cc4c3c3c(cccc32)C4(c2ccccc2)c2ccccc2)c1.[Pt]. The van der Waals surface area contributed by atoms with Crippen LogP contribution in [0, 0.1) is 18.8 Å². The van der Waals surface area contributed by atoms with Crippen molar-refractivity contribution in [1.29, 1.82) is 0 Å². The molecule has 0 radical (unpaired) electrons. The molecule has 0 fully saturated rings. The maximum absolute atomic E-state index is 7.18. The van der Waals surface area contributed by atoms with E-state index in [4.69, 9.17) is 9.72 Å². The summed E-state index contributed by atoms with van der Waals surface area (Å²) in [6, 6.07) is 83.9. The number of aromatic nitrogens is 2. The smallest absolute Gasteiger partial charge is 0.135 e. The average Bonchev–Trinajstić information content (AvgIpc) is 4.25. The van der Waals surface area contributed by atoms with Gasteiger partial charge in [-0.25, -0.2) is 4.98 Å². The van der Waals surface area contributed by atoms with Crippen LogP contribution in [0.4, 0.5) is 22.7 Å². The molecule has 2 aromatic heterocycles. The minimum absolute atomic E-state index is 0. The average molecular weight is 1150 g/mol. The summed E-state index contributed by atoms with van der Waals surface area (Å²) >= 11 is 0. The van der Waals surface area contributed by atoms with Gasteiger partial charge >= 0.3 is 0 Å². The van der Waals surface area contributed by atoms with Crippen molar-refractivity contribution < 1.29 is 25.8 Å². The van der Waals surface area contributed by atoms with Gasteiger partial charge in [-0.2, -0.15) is 6.07 Å². The van der Waals surface area contributed by atoms with Gasteiger partial charge in [-0.3, -0.25) is 0 Å². The number of hydrogen-bond donors (Lipinski definition) is 0. The minimum Gasteiger partial charge on any atom is -0.509 e. The number of rotatable bonds is 9. The number of fused-ring (bicyclic) bond motifs is 1. The molecule has 3 heterocycles. The van der Waals surface area contributed by atoms with Crippen LogP contribution < -0.4 is 14.5 Å². The topological polar surface area (TPSA) is 33.5 Å². The summed E-state index contributed by atoms with van der Waals surface area (Å²) in [4.78, 5) is 9.69. The van der Waals surface area contributed by atoms with Crippen molar-refractivity contribution in [3.63, 3.8) is 0 Å². The Balaban J connectivity index is 0.00000569. The van der Waals surface area contributed by atoms with E-state index in [1.807, 2.05) is 12.3 Å². The van der Waals surface area contributed by atoms with Gasteiger partial charge in [0, 0.05) is 77.9 Å². The van der Waals surface area contributed by atoms with Crippen molar-refractivity contribution >= 4 is 44.6 Å². The van der Waals surface area contributed by atoms with Crippen LogP contribution >= 0.6 is 0 Å². The molecule has 5 nitrogen and oxygen atoms in total. The van der Waals surface area contributed by atoms with E-state index in [1.54, 1.807) is 0 Å². The van der Waals surface area contributed by atoms with E-state index < -0.39 is 5.41 Å². The number of benzene rings is 9. The molecule has 0 spiro atoms.